The van der Waals surface area contributed by atoms with Gasteiger partial charge >= 0.3 is 6.18 Å². The number of thiazole rings is 1. The molecule has 3 rings (SSSR count). The Bertz CT molecular complexity index is 865. The summed E-state index contributed by atoms with van der Waals surface area (Å²) in [5, 5.41) is 2.95. The van der Waals surface area contributed by atoms with E-state index in [-0.39, 0.29) is 10.9 Å². The van der Waals surface area contributed by atoms with Crippen molar-refractivity contribution in [1.29, 1.82) is 0 Å². The number of nitrogens with zero attached hydrogens (tertiary/aromatic N) is 3. The summed E-state index contributed by atoms with van der Waals surface area (Å²) in [6, 6.07) is 6.92. The summed E-state index contributed by atoms with van der Waals surface area (Å²) in [5.74, 6) is -0.0106. The molecule has 1 N–H and O–H groups in total. The van der Waals surface area contributed by atoms with Crippen LogP contribution in [0.15, 0.2) is 42.7 Å². The molecule has 3 aromatic heterocycles. The second kappa shape index (κ2) is 6.36. The Balaban J connectivity index is 1.92. The SMILES string of the molecule is O=Cc1sc(Nc2cc(C(F)(F)F)ccn2)nc1-c1ccccn1. The maximum Gasteiger partial charge on any atom is 0.416 e. The van der Waals surface area contributed by atoms with Crippen LogP contribution in [0.1, 0.15) is 15.2 Å². The van der Waals surface area contributed by atoms with Gasteiger partial charge in [0.2, 0.25) is 0 Å². The van der Waals surface area contributed by atoms with Crippen molar-refractivity contribution in [2.75, 3.05) is 5.32 Å². The van der Waals surface area contributed by atoms with Crippen LogP contribution in [-0.4, -0.2) is 21.2 Å². The van der Waals surface area contributed by atoms with Crippen molar-refractivity contribution < 1.29 is 18.0 Å². The molecule has 5 nitrogen and oxygen atoms in total. The summed E-state index contributed by atoms with van der Waals surface area (Å²) in [6.07, 6.45) is -1.22. The van der Waals surface area contributed by atoms with E-state index in [1.54, 1.807) is 24.4 Å². The Labute approximate surface area is 138 Å². The number of nitrogens with one attached hydrogen (secondary N) is 1. The fourth-order valence-electron chi connectivity index (χ4n) is 1.94. The van der Waals surface area contributed by atoms with Gasteiger partial charge < -0.3 is 5.32 Å². The van der Waals surface area contributed by atoms with Crippen molar-refractivity contribution in [1.82, 2.24) is 15.0 Å². The first-order valence-corrected chi connectivity index (χ1v) is 7.46. The van der Waals surface area contributed by atoms with E-state index in [2.05, 4.69) is 20.3 Å². The van der Waals surface area contributed by atoms with Gasteiger partial charge in [0.15, 0.2) is 11.4 Å². The van der Waals surface area contributed by atoms with Crippen LogP contribution >= 0.6 is 11.3 Å². The third-order valence-corrected chi connectivity index (χ3v) is 3.89. The summed E-state index contributed by atoms with van der Waals surface area (Å²) >= 11 is 1.01. The summed E-state index contributed by atoms with van der Waals surface area (Å²) in [7, 11) is 0. The molecule has 0 unspecified atom stereocenters. The minimum absolute atomic E-state index is 0.0106. The number of halogens is 3. The van der Waals surface area contributed by atoms with E-state index >= 15 is 0 Å². The zero-order valence-corrected chi connectivity index (χ0v) is 12.7. The number of pyridine rings is 2. The largest absolute Gasteiger partial charge is 0.416 e. The van der Waals surface area contributed by atoms with Crippen LogP contribution in [-0.2, 0) is 6.18 Å². The molecule has 0 bridgehead atoms. The molecule has 0 fully saturated rings. The number of rotatable bonds is 4. The highest BCUT2D eigenvalue weighted by atomic mass is 32.1. The van der Waals surface area contributed by atoms with E-state index in [1.165, 1.54) is 0 Å². The zero-order valence-electron chi connectivity index (χ0n) is 11.9. The molecule has 0 atom stereocenters. The van der Waals surface area contributed by atoms with Crippen molar-refractivity contribution >= 4 is 28.6 Å². The second-order valence-corrected chi connectivity index (χ2v) is 5.65. The second-order valence-electron chi connectivity index (χ2n) is 4.62. The van der Waals surface area contributed by atoms with Crippen LogP contribution in [0.25, 0.3) is 11.4 Å². The number of aromatic nitrogens is 3. The number of anilines is 2. The topological polar surface area (TPSA) is 67.8 Å². The number of alkyl halides is 3. The van der Waals surface area contributed by atoms with Gasteiger partial charge in [-0.15, -0.1) is 0 Å². The monoisotopic (exact) mass is 350 g/mol. The lowest BCUT2D eigenvalue weighted by molar-refractivity contribution is -0.137. The molecular weight excluding hydrogens is 341 g/mol. The van der Waals surface area contributed by atoms with E-state index in [1.807, 2.05) is 0 Å². The Morgan fingerprint density at radius 2 is 1.96 bits per heavy atom. The standard InChI is InChI=1S/C15H9F3N4OS/c16-15(17,18)9-4-6-20-12(7-9)21-14-22-13(11(8-23)24-14)10-3-1-2-5-19-10/h1-8H,(H,20,21,22). The fraction of sp³-hybridized carbons (Fsp3) is 0.0667. The molecule has 0 spiro atoms. The molecule has 0 aromatic carbocycles. The molecular formula is C15H9F3N4OS. The minimum atomic E-state index is -4.46. The van der Waals surface area contributed by atoms with Crippen molar-refractivity contribution in [2.24, 2.45) is 0 Å². The van der Waals surface area contributed by atoms with Crippen molar-refractivity contribution in [3.63, 3.8) is 0 Å². The Kier molecular flexibility index (Phi) is 4.26. The number of carbonyl (C=O) groups excluding carboxylic acids is 1. The van der Waals surface area contributed by atoms with E-state index in [9.17, 15) is 18.0 Å². The molecule has 122 valence electrons. The lowest BCUT2D eigenvalue weighted by atomic mass is 10.2. The maximum atomic E-state index is 12.7. The van der Waals surface area contributed by atoms with Crippen molar-refractivity contribution in [3.8, 4) is 11.4 Å². The lowest BCUT2D eigenvalue weighted by Gasteiger charge is -2.08. The van der Waals surface area contributed by atoms with Crippen LogP contribution in [0.5, 0.6) is 0 Å². The highest BCUT2D eigenvalue weighted by Crippen LogP contribution is 2.33. The molecule has 0 aliphatic carbocycles. The smallest absolute Gasteiger partial charge is 0.316 e. The van der Waals surface area contributed by atoms with Gasteiger partial charge in [0.25, 0.3) is 0 Å². The predicted molar refractivity (Wildman–Crippen MR) is 83.3 cm³/mol. The Morgan fingerprint density at radius 1 is 1.12 bits per heavy atom. The van der Waals surface area contributed by atoms with Gasteiger partial charge in [-0.05, 0) is 24.3 Å². The van der Waals surface area contributed by atoms with Crippen LogP contribution in [0.3, 0.4) is 0 Å². The van der Waals surface area contributed by atoms with Crippen LogP contribution in [0.4, 0.5) is 24.1 Å². The molecule has 0 saturated heterocycles. The van der Waals surface area contributed by atoms with E-state index < -0.39 is 11.7 Å². The molecule has 3 heterocycles. The molecule has 24 heavy (non-hydrogen) atoms. The first kappa shape index (κ1) is 16.1. The highest BCUT2D eigenvalue weighted by molar-refractivity contribution is 7.17. The van der Waals surface area contributed by atoms with Gasteiger partial charge in [-0.25, -0.2) is 9.97 Å². The lowest BCUT2D eigenvalue weighted by Crippen LogP contribution is -2.06. The normalized spacial score (nSPS) is 11.3. The summed E-state index contributed by atoms with van der Waals surface area (Å²) < 4.78 is 38.2. The summed E-state index contributed by atoms with van der Waals surface area (Å²) in [5.41, 5.74) is 0.0445. The molecule has 0 saturated carbocycles. The maximum absolute atomic E-state index is 12.7. The van der Waals surface area contributed by atoms with E-state index in [0.29, 0.717) is 22.6 Å². The molecule has 0 aliphatic rings. The van der Waals surface area contributed by atoms with Crippen molar-refractivity contribution in [3.05, 3.63) is 53.2 Å². The quantitative estimate of drug-likeness (QED) is 0.715. The Hall–Kier alpha value is -2.81. The number of hydrogen-bond donors (Lipinski definition) is 1. The van der Waals surface area contributed by atoms with Gasteiger partial charge in [0, 0.05) is 12.4 Å². The van der Waals surface area contributed by atoms with Gasteiger partial charge in [0.1, 0.15) is 11.5 Å². The van der Waals surface area contributed by atoms with Gasteiger partial charge in [0.05, 0.1) is 16.1 Å². The minimum Gasteiger partial charge on any atom is -0.316 e. The molecule has 0 amide bonds. The third-order valence-electron chi connectivity index (χ3n) is 2.99. The Morgan fingerprint density at radius 3 is 2.62 bits per heavy atom. The average molecular weight is 350 g/mol. The molecule has 3 aromatic rings. The number of carbonyl (C=O) groups is 1. The van der Waals surface area contributed by atoms with Gasteiger partial charge in [-0.1, -0.05) is 17.4 Å². The van der Waals surface area contributed by atoms with E-state index in [4.69, 9.17) is 0 Å². The molecule has 9 heteroatoms. The summed E-state index contributed by atoms with van der Waals surface area (Å²) in [6.45, 7) is 0. The highest BCUT2D eigenvalue weighted by Gasteiger charge is 2.30. The molecule has 0 aliphatic heterocycles. The average Bonchev–Trinajstić information content (AvgIpc) is 2.98. The van der Waals surface area contributed by atoms with Crippen LogP contribution in [0.2, 0.25) is 0 Å². The number of hydrogen-bond acceptors (Lipinski definition) is 6. The number of aldehydes is 1. The first-order chi connectivity index (χ1) is 11.5. The fourth-order valence-corrected chi connectivity index (χ4v) is 2.73. The van der Waals surface area contributed by atoms with Crippen LogP contribution in [0, 0.1) is 0 Å². The van der Waals surface area contributed by atoms with Gasteiger partial charge in [-0.3, -0.25) is 9.78 Å². The predicted octanol–water partition coefficient (Wildman–Crippen LogP) is 4.18. The van der Waals surface area contributed by atoms with Crippen LogP contribution < -0.4 is 5.32 Å². The van der Waals surface area contributed by atoms with E-state index in [0.717, 1.165) is 29.7 Å². The third kappa shape index (κ3) is 3.40. The van der Waals surface area contributed by atoms with Crippen molar-refractivity contribution in [2.45, 2.75) is 6.18 Å². The first-order valence-electron chi connectivity index (χ1n) is 6.65. The zero-order chi connectivity index (χ0) is 17.2. The molecule has 0 radical (unpaired) electrons. The summed E-state index contributed by atoms with van der Waals surface area (Å²) in [4.78, 5) is 23.7. The van der Waals surface area contributed by atoms with Gasteiger partial charge in [-0.2, -0.15) is 13.2 Å².